The summed E-state index contributed by atoms with van der Waals surface area (Å²) in [7, 11) is -3.35. The highest BCUT2D eigenvalue weighted by Crippen LogP contribution is 2.31. The predicted octanol–water partition coefficient (Wildman–Crippen LogP) is 1.60. The molecular formula is C11H21N3O3S2. The van der Waals surface area contributed by atoms with Crippen LogP contribution in [0.3, 0.4) is 0 Å². The molecule has 8 heteroatoms. The number of aromatic nitrogens is 1. The van der Waals surface area contributed by atoms with Crippen molar-refractivity contribution in [2.24, 2.45) is 5.92 Å². The molecule has 0 aliphatic carbocycles. The summed E-state index contributed by atoms with van der Waals surface area (Å²) in [4.78, 5) is 0.115. The lowest BCUT2D eigenvalue weighted by Gasteiger charge is -2.09. The van der Waals surface area contributed by atoms with Gasteiger partial charge in [-0.1, -0.05) is 20.8 Å². The van der Waals surface area contributed by atoms with E-state index in [1.54, 1.807) is 6.92 Å². The minimum Gasteiger partial charge on any atom is -0.382 e. The molecule has 19 heavy (non-hydrogen) atoms. The third-order valence-electron chi connectivity index (χ3n) is 2.35. The minimum absolute atomic E-state index is 0.00808. The standard InChI is InChI=1S/C11H21N3O3S2/c1-4-19(15,16)9-10(12)14-18-11(9)13-5-6-17-7-8(2)3/h8,13H,4-7H2,1-3H3,(H2,12,14). The van der Waals surface area contributed by atoms with Gasteiger partial charge in [0.05, 0.1) is 12.4 Å². The van der Waals surface area contributed by atoms with E-state index in [9.17, 15) is 8.42 Å². The Morgan fingerprint density at radius 1 is 1.47 bits per heavy atom. The normalized spacial score (nSPS) is 12.0. The average Bonchev–Trinajstić information content (AvgIpc) is 2.70. The molecule has 0 aliphatic heterocycles. The Bertz CT molecular complexity index is 497. The SMILES string of the molecule is CCS(=O)(=O)c1c(N)nsc1NCCOCC(C)C. The predicted molar refractivity (Wildman–Crippen MR) is 78.4 cm³/mol. The molecule has 0 radical (unpaired) electrons. The van der Waals surface area contributed by atoms with Crippen LogP contribution in [0.5, 0.6) is 0 Å². The highest BCUT2D eigenvalue weighted by atomic mass is 32.2. The first kappa shape index (κ1) is 16.2. The van der Waals surface area contributed by atoms with Crippen LogP contribution < -0.4 is 11.1 Å². The highest BCUT2D eigenvalue weighted by Gasteiger charge is 2.23. The minimum atomic E-state index is -3.35. The Morgan fingerprint density at radius 3 is 2.74 bits per heavy atom. The molecule has 0 unspecified atom stereocenters. The van der Waals surface area contributed by atoms with E-state index in [0.29, 0.717) is 30.7 Å². The zero-order valence-corrected chi connectivity index (χ0v) is 13.1. The fourth-order valence-electron chi connectivity index (χ4n) is 1.41. The van der Waals surface area contributed by atoms with Crippen molar-refractivity contribution in [1.82, 2.24) is 4.37 Å². The van der Waals surface area contributed by atoms with Gasteiger partial charge in [0.2, 0.25) is 0 Å². The lowest BCUT2D eigenvalue weighted by molar-refractivity contribution is 0.118. The third kappa shape index (κ3) is 4.63. The number of sulfone groups is 1. The highest BCUT2D eigenvalue weighted by molar-refractivity contribution is 7.91. The van der Waals surface area contributed by atoms with Crippen LogP contribution in [-0.2, 0) is 14.6 Å². The van der Waals surface area contributed by atoms with Gasteiger partial charge in [-0.2, -0.15) is 4.37 Å². The van der Waals surface area contributed by atoms with Crippen molar-refractivity contribution in [3.05, 3.63) is 0 Å². The number of hydrogen-bond acceptors (Lipinski definition) is 7. The van der Waals surface area contributed by atoms with Crippen LogP contribution in [0.2, 0.25) is 0 Å². The van der Waals surface area contributed by atoms with E-state index in [1.165, 1.54) is 0 Å². The van der Waals surface area contributed by atoms with Crippen molar-refractivity contribution < 1.29 is 13.2 Å². The summed E-state index contributed by atoms with van der Waals surface area (Å²) < 4.78 is 33.1. The number of nitrogens with two attached hydrogens (primary N) is 1. The molecule has 1 rings (SSSR count). The van der Waals surface area contributed by atoms with Gasteiger partial charge >= 0.3 is 0 Å². The summed E-state index contributed by atoms with van der Waals surface area (Å²) in [5.74, 6) is 0.557. The van der Waals surface area contributed by atoms with Crippen LogP contribution in [-0.4, -0.2) is 38.3 Å². The van der Waals surface area contributed by atoms with Crippen LogP contribution in [0, 0.1) is 5.92 Å². The van der Waals surface area contributed by atoms with Gasteiger partial charge < -0.3 is 15.8 Å². The Balaban J connectivity index is 2.61. The molecule has 0 aromatic carbocycles. The number of hydrogen-bond donors (Lipinski definition) is 2. The Kier molecular flexibility index (Phi) is 6.02. The third-order valence-corrected chi connectivity index (χ3v) is 5.09. The van der Waals surface area contributed by atoms with Gasteiger partial charge in [0.1, 0.15) is 9.90 Å². The number of nitrogen functional groups attached to an aromatic ring is 1. The Morgan fingerprint density at radius 2 is 2.16 bits per heavy atom. The molecule has 0 bridgehead atoms. The molecule has 1 aromatic heterocycles. The molecule has 0 fully saturated rings. The first-order chi connectivity index (χ1) is 8.88. The number of anilines is 2. The Labute approximate surface area is 118 Å². The summed E-state index contributed by atoms with van der Waals surface area (Å²) in [6.45, 7) is 7.46. The number of ether oxygens (including phenoxy) is 1. The van der Waals surface area contributed by atoms with E-state index in [4.69, 9.17) is 10.5 Å². The zero-order valence-electron chi connectivity index (χ0n) is 11.5. The molecule has 0 saturated heterocycles. The van der Waals surface area contributed by atoms with Crippen molar-refractivity contribution in [3.8, 4) is 0 Å². The fourth-order valence-corrected chi connectivity index (χ4v) is 3.60. The van der Waals surface area contributed by atoms with Gasteiger partial charge in [-0.15, -0.1) is 0 Å². The number of nitrogens with one attached hydrogen (secondary N) is 1. The molecule has 0 saturated carbocycles. The Hall–Kier alpha value is -0.860. The summed E-state index contributed by atoms with van der Waals surface area (Å²) in [5, 5.41) is 3.51. The van der Waals surface area contributed by atoms with Crippen molar-refractivity contribution in [3.63, 3.8) is 0 Å². The van der Waals surface area contributed by atoms with Crippen molar-refractivity contribution >= 4 is 32.2 Å². The second-order valence-corrected chi connectivity index (χ2v) is 7.51. The molecule has 1 heterocycles. The van der Waals surface area contributed by atoms with Gasteiger partial charge in [-0.05, 0) is 17.5 Å². The molecule has 0 aliphatic rings. The van der Waals surface area contributed by atoms with Crippen LogP contribution >= 0.6 is 11.5 Å². The lowest BCUT2D eigenvalue weighted by Crippen LogP contribution is -2.14. The van der Waals surface area contributed by atoms with Gasteiger partial charge in [0, 0.05) is 13.2 Å². The summed E-state index contributed by atoms with van der Waals surface area (Å²) in [6.07, 6.45) is 0. The van der Waals surface area contributed by atoms with Crippen LogP contribution in [0.4, 0.5) is 10.8 Å². The van der Waals surface area contributed by atoms with Crippen molar-refractivity contribution in [2.75, 3.05) is 36.6 Å². The molecule has 0 spiro atoms. The van der Waals surface area contributed by atoms with Gasteiger partial charge in [0.15, 0.2) is 15.7 Å². The van der Waals surface area contributed by atoms with E-state index in [1.807, 2.05) is 0 Å². The first-order valence-corrected chi connectivity index (χ1v) is 8.60. The quantitative estimate of drug-likeness (QED) is 0.709. The number of rotatable bonds is 8. The second kappa shape index (κ2) is 7.06. The largest absolute Gasteiger partial charge is 0.382 e. The molecule has 0 atom stereocenters. The van der Waals surface area contributed by atoms with Crippen molar-refractivity contribution in [2.45, 2.75) is 25.7 Å². The zero-order chi connectivity index (χ0) is 14.5. The molecular weight excluding hydrogens is 286 g/mol. The molecule has 0 amide bonds. The van der Waals surface area contributed by atoms with E-state index >= 15 is 0 Å². The average molecular weight is 307 g/mol. The topological polar surface area (TPSA) is 94.3 Å². The second-order valence-electron chi connectivity index (χ2n) is 4.53. The summed E-state index contributed by atoms with van der Waals surface area (Å²) in [6, 6.07) is 0. The van der Waals surface area contributed by atoms with Crippen molar-refractivity contribution in [1.29, 1.82) is 0 Å². The maximum atomic E-state index is 11.9. The maximum absolute atomic E-state index is 11.9. The molecule has 1 aromatic rings. The summed E-state index contributed by atoms with van der Waals surface area (Å²) in [5.41, 5.74) is 5.62. The van der Waals surface area contributed by atoms with Gasteiger partial charge in [0.25, 0.3) is 0 Å². The van der Waals surface area contributed by atoms with E-state index in [-0.39, 0.29) is 16.5 Å². The number of nitrogens with zero attached hydrogens (tertiary/aromatic N) is 1. The molecule has 110 valence electrons. The monoisotopic (exact) mass is 307 g/mol. The van der Waals surface area contributed by atoms with Crippen LogP contribution in [0.25, 0.3) is 0 Å². The van der Waals surface area contributed by atoms with E-state index in [0.717, 1.165) is 11.5 Å². The van der Waals surface area contributed by atoms with Crippen LogP contribution in [0.1, 0.15) is 20.8 Å². The first-order valence-electron chi connectivity index (χ1n) is 6.18. The fraction of sp³-hybridized carbons (Fsp3) is 0.727. The smallest absolute Gasteiger partial charge is 0.184 e. The van der Waals surface area contributed by atoms with Gasteiger partial charge in [-0.25, -0.2) is 8.42 Å². The van der Waals surface area contributed by atoms with Gasteiger partial charge in [-0.3, -0.25) is 0 Å². The van der Waals surface area contributed by atoms with Crippen LogP contribution in [0.15, 0.2) is 4.90 Å². The molecule has 6 nitrogen and oxygen atoms in total. The van der Waals surface area contributed by atoms with E-state index in [2.05, 4.69) is 23.5 Å². The molecule has 3 N–H and O–H groups in total. The van der Waals surface area contributed by atoms with E-state index < -0.39 is 9.84 Å². The maximum Gasteiger partial charge on any atom is 0.184 e. The summed E-state index contributed by atoms with van der Waals surface area (Å²) >= 11 is 1.06. The lowest BCUT2D eigenvalue weighted by atomic mass is 10.2.